The van der Waals surface area contributed by atoms with Gasteiger partial charge in [0.2, 0.25) is 5.91 Å². The first-order valence-corrected chi connectivity index (χ1v) is 7.63. The number of nitro groups is 1. The van der Waals surface area contributed by atoms with Crippen LogP contribution in [0.25, 0.3) is 0 Å². The van der Waals surface area contributed by atoms with Crippen molar-refractivity contribution in [2.45, 2.75) is 50.7 Å². The number of hydrogen-bond acceptors (Lipinski definition) is 5. The Morgan fingerprint density at radius 2 is 2.09 bits per heavy atom. The summed E-state index contributed by atoms with van der Waals surface area (Å²) in [6.07, 6.45) is 5.74. The van der Waals surface area contributed by atoms with Crippen LogP contribution in [-0.2, 0) is 10.3 Å². The van der Waals surface area contributed by atoms with Gasteiger partial charge in [-0.3, -0.25) is 19.6 Å². The molecule has 2 saturated heterocycles. The lowest BCUT2D eigenvalue weighted by molar-refractivity contribution is -0.385. The molecule has 0 aromatic carbocycles. The number of rotatable bonds is 3. The first kappa shape index (κ1) is 17.7. The maximum atomic E-state index is 12.9. The van der Waals surface area contributed by atoms with E-state index in [1.165, 1.54) is 23.5 Å². The fourth-order valence-corrected chi connectivity index (χ4v) is 3.33. The molecule has 0 radical (unpaired) electrons. The number of nitrogens with one attached hydrogen (secondary N) is 1. The largest absolute Gasteiger partial charge is 0.339 e. The van der Waals surface area contributed by atoms with Crippen molar-refractivity contribution in [1.29, 1.82) is 0 Å². The van der Waals surface area contributed by atoms with E-state index in [2.05, 4.69) is 10.4 Å². The molecule has 9 heteroatoms. The van der Waals surface area contributed by atoms with Gasteiger partial charge in [0.1, 0.15) is 17.9 Å². The van der Waals surface area contributed by atoms with Crippen LogP contribution in [0.1, 0.15) is 33.1 Å². The highest BCUT2D eigenvalue weighted by Gasteiger charge is 2.39. The number of amides is 1. The molecule has 1 aromatic heterocycles. The van der Waals surface area contributed by atoms with Gasteiger partial charge in [-0.05, 0) is 33.1 Å². The summed E-state index contributed by atoms with van der Waals surface area (Å²) in [5.41, 5.74) is -1.03. The van der Waals surface area contributed by atoms with Gasteiger partial charge in [-0.25, -0.2) is 0 Å². The highest BCUT2D eigenvalue weighted by molar-refractivity contribution is 5.85. The standard InChI is InChI=1S/C14H21N5O3.ClH/c1-14(2,18-9-12(7-15-18)19(21)22)13(20)17-6-5-10-3-4-11(8-17)16-10;/h7,9-11,16H,3-6,8H2,1-2H3;1H. The minimum Gasteiger partial charge on any atom is -0.339 e. The molecule has 0 saturated carbocycles. The molecule has 2 bridgehead atoms. The van der Waals surface area contributed by atoms with Crippen LogP contribution in [0, 0.1) is 10.1 Å². The number of carbonyl (C=O) groups excluding carboxylic acids is 1. The molecule has 2 atom stereocenters. The lowest BCUT2D eigenvalue weighted by Gasteiger charge is -2.32. The Balaban J connectivity index is 0.00000192. The maximum Gasteiger partial charge on any atom is 0.307 e. The average Bonchev–Trinajstić information content (AvgIpc) is 3.05. The normalized spacial score (nSPS) is 24.0. The number of hydrogen-bond donors (Lipinski definition) is 1. The highest BCUT2D eigenvalue weighted by atomic mass is 35.5. The number of likely N-dealkylation sites (tertiary alicyclic amines) is 1. The van der Waals surface area contributed by atoms with Crippen molar-refractivity contribution >= 4 is 24.0 Å². The third-order valence-electron chi connectivity index (χ3n) is 4.69. The highest BCUT2D eigenvalue weighted by Crippen LogP contribution is 2.25. The summed E-state index contributed by atoms with van der Waals surface area (Å²) in [6.45, 7) is 4.92. The Labute approximate surface area is 140 Å². The molecule has 128 valence electrons. The molecule has 2 fully saturated rings. The Morgan fingerprint density at radius 1 is 1.39 bits per heavy atom. The van der Waals surface area contributed by atoms with E-state index in [-0.39, 0.29) is 24.0 Å². The van der Waals surface area contributed by atoms with E-state index >= 15 is 0 Å². The first-order chi connectivity index (χ1) is 10.4. The van der Waals surface area contributed by atoms with Crippen molar-refractivity contribution < 1.29 is 9.72 Å². The molecule has 3 heterocycles. The number of fused-ring (bicyclic) bond motifs is 2. The van der Waals surface area contributed by atoms with E-state index < -0.39 is 10.5 Å². The Kier molecular flexibility index (Phi) is 4.95. The summed E-state index contributed by atoms with van der Waals surface area (Å²) in [6, 6.07) is 0.871. The summed E-state index contributed by atoms with van der Waals surface area (Å²) in [4.78, 5) is 25.1. The van der Waals surface area contributed by atoms with Gasteiger partial charge in [0, 0.05) is 25.2 Å². The van der Waals surface area contributed by atoms with Crippen molar-refractivity contribution in [3.8, 4) is 0 Å². The minimum atomic E-state index is -0.933. The molecule has 2 aliphatic heterocycles. The molecule has 8 nitrogen and oxygen atoms in total. The quantitative estimate of drug-likeness (QED) is 0.659. The third-order valence-corrected chi connectivity index (χ3v) is 4.69. The molecule has 2 aliphatic rings. The van der Waals surface area contributed by atoms with Gasteiger partial charge in [-0.1, -0.05) is 0 Å². The van der Waals surface area contributed by atoms with E-state index in [9.17, 15) is 14.9 Å². The van der Waals surface area contributed by atoms with Crippen molar-refractivity contribution in [1.82, 2.24) is 20.0 Å². The summed E-state index contributed by atoms with van der Waals surface area (Å²) < 4.78 is 1.39. The SMILES string of the molecule is CC(C)(C(=O)N1CCC2CCC(C1)N2)n1cc([N+](=O)[O-])cn1.Cl. The second-order valence-electron chi connectivity index (χ2n) is 6.64. The van der Waals surface area contributed by atoms with E-state index in [1.54, 1.807) is 13.8 Å². The molecule has 1 N–H and O–H groups in total. The summed E-state index contributed by atoms with van der Waals surface area (Å²) in [5, 5.41) is 18.3. The summed E-state index contributed by atoms with van der Waals surface area (Å²) >= 11 is 0. The van der Waals surface area contributed by atoms with Crippen LogP contribution in [0.15, 0.2) is 12.4 Å². The molecule has 0 aliphatic carbocycles. The smallest absolute Gasteiger partial charge is 0.307 e. The maximum absolute atomic E-state index is 12.9. The van der Waals surface area contributed by atoms with E-state index in [4.69, 9.17) is 0 Å². The number of nitrogens with zero attached hydrogens (tertiary/aromatic N) is 4. The van der Waals surface area contributed by atoms with Gasteiger partial charge in [-0.2, -0.15) is 5.10 Å². The molecule has 1 amide bonds. The predicted molar refractivity (Wildman–Crippen MR) is 86.6 cm³/mol. The number of aromatic nitrogens is 2. The van der Waals surface area contributed by atoms with E-state index in [0.29, 0.717) is 18.6 Å². The number of carbonyl (C=O) groups is 1. The second-order valence-corrected chi connectivity index (χ2v) is 6.64. The van der Waals surface area contributed by atoms with E-state index in [1.807, 2.05) is 4.90 Å². The van der Waals surface area contributed by atoms with Crippen LogP contribution in [0.5, 0.6) is 0 Å². The van der Waals surface area contributed by atoms with Crippen LogP contribution in [0.4, 0.5) is 5.69 Å². The van der Waals surface area contributed by atoms with Gasteiger partial charge >= 0.3 is 5.69 Å². The fourth-order valence-electron chi connectivity index (χ4n) is 3.33. The van der Waals surface area contributed by atoms with Crippen LogP contribution >= 0.6 is 12.4 Å². The number of halogens is 1. The third kappa shape index (κ3) is 3.32. The second kappa shape index (κ2) is 6.45. The Hall–Kier alpha value is -1.67. The topological polar surface area (TPSA) is 93.3 Å². The molecular formula is C14H22ClN5O3. The van der Waals surface area contributed by atoms with Gasteiger partial charge in [-0.15, -0.1) is 12.4 Å². The molecule has 23 heavy (non-hydrogen) atoms. The Morgan fingerprint density at radius 3 is 2.74 bits per heavy atom. The predicted octanol–water partition coefficient (Wildman–Crippen LogP) is 1.30. The zero-order chi connectivity index (χ0) is 15.9. The van der Waals surface area contributed by atoms with Gasteiger partial charge in [0.15, 0.2) is 0 Å². The summed E-state index contributed by atoms with van der Waals surface area (Å²) in [7, 11) is 0. The van der Waals surface area contributed by atoms with Crippen LogP contribution < -0.4 is 5.32 Å². The Bertz CT molecular complexity index is 603. The fraction of sp³-hybridized carbons (Fsp3) is 0.714. The van der Waals surface area contributed by atoms with Gasteiger partial charge in [0.05, 0.1) is 4.92 Å². The van der Waals surface area contributed by atoms with Gasteiger partial charge < -0.3 is 10.2 Å². The molecule has 3 rings (SSSR count). The van der Waals surface area contributed by atoms with Crippen molar-refractivity contribution in [3.05, 3.63) is 22.5 Å². The average molecular weight is 344 g/mol. The zero-order valence-electron chi connectivity index (χ0n) is 13.3. The lowest BCUT2D eigenvalue weighted by Crippen LogP contribution is -2.49. The first-order valence-electron chi connectivity index (χ1n) is 7.63. The van der Waals surface area contributed by atoms with Crippen molar-refractivity contribution in [2.24, 2.45) is 0 Å². The monoisotopic (exact) mass is 343 g/mol. The van der Waals surface area contributed by atoms with E-state index in [0.717, 1.165) is 19.4 Å². The molecule has 2 unspecified atom stereocenters. The molecule has 0 spiro atoms. The van der Waals surface area contributed by atoms with Crippen LogP contribution in [-0.4, -0.2) is 50.7 Å². The zero-order valence-corrected chi connectivity index (χ0v) is 14.1. The summed E-state index contributed by atoms with van der Waals surface area (Å²) in [5.74, 6) is -0.0418. The van der Waals surface area contributed by atoms with Crippen LogP contribution in [0.2, 0.25) is 0 Å². The lowest BCUT2D eigenvalue weighted by atomic mass is 10.0. The molecular weight excluding hydrogens is 322 g/mol. The minimum absolute atomic E-state index is 0. The molecule has 1 aromatic rings. The van der Waals surface area contributed by atoms with Crippen molar-refractivity contribution in [2.75, 3.05) is 13.1 Å². The van der Waals surface area contributed by atoms with Crippen molar-refractivity contribution in [3.63, 3.8) is 0 Å². The van der Waals surface area contributed by atoms with Crippen LogP contribution in [0.3, 0.4) is 0 Å². The van der Waals surface area contributed by atoms with Gasteiger partial charge in [0.25, 0.3) is 0 Å².